The Labute approximate surface area is 189 Å². The van der Waals surface area contributed by atoms with Crippen molar-refractivity contribution in [2.24, 2.45) is 22.7 Å². The van der Waals surface area contributed by atoms with Crippen LogP contribution in [0, 0.1) is 17.8 Å². The Bertz CT molecular complexity index is 632. The number of guanidine groups is 1. The van der Waals surface area contributed by atoms with Crippen LogP contribution in [0.25, 0.3) is 0 Å². The number of carbonyl (C=O) groups is 1. The fraction of sp³-hybridized carbons (Fsp3) is 0.700. The van der Waals surface area contributed by atoms with Crippen LogP contribution in [0.1, 0.15) is 24.6 Å². The summed E-state index contributed by atoms with van der Waals surface area (Å²) in [5.74, 6) is 1.70. The number of thiophene rings is 1. The van der Waals surface area contributed by atoms with Gasteiger partial charge in [-0.15, -0.1) is 35.3 Å². The minimum atomic E-state index is -0.112. The first-order valence-corrected chi connectivity index (χ1v) is 10.8. The van der Waals surface area contributed by atoms with E-state index in [1.807, 2.05) is 18.4 Å². The van der Waals surface area contributed by atoms with Gasteiger partial charge in [-0.3, -0.25) is 14.7 Å². The second-order valence-electron chi connectivity index (χ2n) is 7.74. The quantitative estimate of drug-likeness (QED) is 0.280. The number of likely N-dealkylation sites (tertiary alicyclic amines) is 2. The van der Waals surface area contributed by atoms with E-state index in [-0.39, 0.29) is 41.8 Å². The molecule has 0 bridgehead atoms. The Morgan fingerprint density at radius 3 is 2.71 bits per heavy atom. The number of nitrogens with zero attached hydrogens (tertiary/aromatic N) is 3. The van der Waals surface area contributed by atoms with Crippen LogP contribution >= 0.6 is 35.3 Å². The third-order valence-corrected chi connectivity index (χ3v) is 6.70. The third-order valence-electron chi connectivity index (χ3n) is 5.84. The average molecular weight is 520 g/mol. The summed E-state index contributed by atoms with van der Waals surface area (Å²) in [7, 11) is 3.29. The van der Waals surface area contributed by atoms with Gasteiger partial charge in [0, 0.05) is 38.1 Å². The smallest absolute Gasteiger partial charge is 0.310 e. The summed E-state index contributed by atoms with van der Waals surface area (Å²) < 4.78 is 4.94. The van der Waals surface area contributed by atoms with Crippen LogP contribution in [0.15, 0.2) is 22.5 Å². The van der Waals surface area contributed by atoms with Crippen LogP contribution in [0.2, 0.25) is 0 Å². The summed E-state index contributed by atoms with van der Waals surface area (Å²) in [5, 5.41) is 5.70. The number of hydrogen-bond acceptors (Lipinski definition) is 5. The molecule has 3 rings (SSSR count). The normalized spacial score (nSPS) is 24.1. The van der Waals surface area contributed by atoms with Crippen LogP contribution in [0.3, 0.4) is 0 Å². The number of methoxy groups -OCH3 is 1. The molecule has 3 heterocycles. The highest BCUT2D eigenvalue weighted by Crippen LogP contribution is 2.24. The molecule has 0 spiro atoms. The highest BCUT2D eigenvalue weighted by atomic mass is 127. The molecule has 2 saturated heterocycles. The number of hydrogen-bond donors (Lipinski definition) is 1. The summed E-state index contributed by atoms with van der Waals surface area (Å²) in [5.41, 5.74) is 0. The van der Waals surface area contributed by atoms with Gasteiger partial charge in [-0.2, -0.15) is 0 Å². The molecule has 2 aliphatic rings. The summed E-state index contributed by atoms with van der Waals surface area (Å²) in [4.78, 5) is 22.6. The lowest BCUT2D eigenvalue weighted by atomic mass is 9.97. The molecule has 6 nitrogen and oxygen atoms in total. The fourth-order valence-corrected chi connectivity index (χ4v) is 4.88. The average Bonchev–Trinajstić information content (AvgIpc) is 3.33. The molecule has 158 valence electrons. The van der Waals surface area contributed by atoms with Crippen LogP contribution in [0.5, 0.6) is 0 Å². The van der Waals surface area contributed by atoms with Gasteiger partial charge < -0.3 is 15.0 Å². The summed E-state index contributed by atoms with van der Waals surface area (Å²) >= 11 is 1.84. The van der Waals surface area contributed by atoms with Crippen molar-refractivity contribution in [3.05, 3.63) is 22.4 Å². The highest BCUT2D eigenvalue weighted by Gasteiger charge is 2.37. The van der Waals surface area contributed by atoms with Crippen molar-refractivity contribution in [1.29, 1.82) is 0 Å². The van der Waals surface area contributed by atoms with Gasteiger partial charge in [0.25, 0.3) is 0 Å². The Morgan fingerprint density at radius 1 is 1.36 bits per heavy atom. The first-order valence-electron chi connectivity index (χ1n) is 9.88. The lowest BCUT2D eigenvalue weighted by Crippen LogP contribution is -2.44. The second-order valence-corrected chi connectivity index (χ2v) is 8.77. The zero-order valence-corrected chi connectivity index (χ0v) is 20.2. The maximum absolute atomic E-state index is 11.9. The van der Waals surface area contributed by atoms with Gasteiger partial charge in [0.05, 0.1) is 13.0 Å². The standard InChI is InChI=1S/C20H32N4O2S.HI/c1-15-12-24(14-18(15)19(25)26-3)20(21-2)22-11-16-6-8-23(9-7-16)13-17-5-4-10-27-17;/h4-5,10,15-16,18H,6-9,11-14H2,1-3H3,(H,21,22);1H. The van der Waals surface area contributed by atoms with E-state index in [1.54, 1.807) is 0 Å². The molecule has 2 unspecified atom stereocenters. The van der Waals surface area contributed by atoms with Crippen molar-refractivity contribution >= 4 is 47.2 Å². The van der Waals surface area contributed by atoms with Crippen LogP contribution in [-0.2, 0) is 16.1 Å². The Balaban J connectivity index is 0.00000280. The van der Waals surface area contributed by atoms with Gasteiger partial charge >= 0.3 is 5.97 Å². The summed E-state index contributed by atoms with van der Waals surface area (Å²) in [6.45, 7) is 8.00. The molecule has 2 atom stereocenters. The molecule has 1 aromatic rings. The summed E-state index contributed by atoms with van der Waals surface area (Å²) in [6.07, 6.45) is 2.44. The van der Waals surface area contributed by atoms with E-state index < -0.39 is 0 Å². The van der Waals surface area contributed by atoms with Gasteiger partial charge in [-0.05, 0) is 49.2 Å². The first-order chi connectivity index (χ1) is 13.1. The largest absolute Gasteiger partial charge is 0.469 e. The van der Waals surface area contributed by atoms with Crippen molar-refractivity contribution in [3.63, 3.8) is 0 Å². The molecule has 2 fully saturated rings. The van der Waals surface area contributed by atoms with Crippen molar-refractivity contribution in [3.8, 4) is 0 Å². The van der Waals surface area contributed by atoms with Crippen molar-refractivity contribution in [2.45, 2.75) is 26.3 Å². The number of halogens is 1. The predicted molar refractivity (Wildman–Crippen MR) is 125 cm³/mol. The van der Waals surface area contributed by atoms with E-state index in [1.165, 1.54) is 24.8 Å². The number of ether oxygens (including phenoxy) is 1. The molecule has 0 aliphatic carbocycles. The molecule has 0 radical (unpaired) electrons. The number of carbonyl (C=O) groups excluding carboxylic acids is 1. The number of aliphatic imine (C=N–C) groups is 1. The maximum atomic E-state index is 11.9. The Morgan fingerprint density at radius 2 is 2.11 bits per heavy atom. The van der Waals surface area contributed by atoms with Crippen LogP contribution < -0.4 is 5.32 Å². The van der Waals surface area contributed by atoms with E-state index in [2.05, 4.69) is 44.5 Å². The number of esters is 1. The van der Waals surface area contributed by atoms with Gasteiger partial charge in [0.1, 0.15) is 0 Å². The molecule has 8 heteroatoms. The van der Waals surface area contributed by atoms with Crippen molar-refractivity contribution < 1.29 is 9.53 Å². The summed E-state index contributed by atoms with van der Waals surface area (Å²) in [6, 6.07) is 4.35. The molecular weight excluding hydrogens is 487 g/mol. The monoisotopic (exact) mass is 520 g/mol. The van der Waals surface area contributed by atoms with Gasteiger partial charge in [0.15, 0.2) is 5.96 Å². The second kappa shape index (κ2) is 11.3. The van der Waals surface area contributed by atoms with E-state index in [9.17, 15) is 4.79 Å². The Kier molecular flexibility index (Phi) is 9.49. The van der Waals surface area contributed by atoms with E-state index in [0.717, 1.165) is 38.7 Å². The van der Waals surface area contributed by atoms with Crippen LogP contribution in [-0.4, -0.2) is 68.6 Å². The molecule has 0 amide bonds. The number of nitrogens with one attached hydrogen (secondary N) is 1. The number of piperidine rings is 1. The SMILES string of the molecule is CN=C(NCC1CCN(Cc2cccs2)CC1)N1CC(C)C(C(=O)OC)C1.I. The minimum Gasteiger partial charge on any atom is -0.469 e. The fourth-order valence-electron chi connectivity index (χ4n) is 4.14. The lowest BCUT2D eigenvalue weighted by molar-refractivity contribution is -0.145. The third kappa shape index (κ3) is 6.06. The number of rotatable bonds is 5. The molecule has 1 aromatic heterocycles. The van der Waals surface area contributed by atoms with Gasteiger partial charge in [-0.25, -0.2) is 0 Å². The first kappa shape index (κ1) is 23.4. The minimum absolute atomic E-state index is 0. The highest BCUT2D eigenvalue weighted by molar-refractivity contribution is 14.0. The molecule has 28 heavy (non-hydrogen) atoms. The van der Waals surface area contributed by atoms with Crippen LogP contribution in [0.4, 0.5) is 0 Å². The molecule has 2 aliphatic heterocycles. The molecular formula is C20H33IN4O2S. The molecule has 0 aromatic carbocycles. The van der Waals surface area contributed by atoms with Crippen molar-refractivity contribution in [2.75, 3.05) is 46.9 Å². The zero-order valence-electron chi connectivity index (χ0n) is 17.1. The topological polar surface area (TPSA) is 57.2 Å². The van der Waals surface area contributed by atoms with Gasteiger partial charge in [-0.1, -0.05) is 13.0 Å². The molecule has 0 saturated carbocycles. The lowest BCUT2D eigenvalue weighted by Gasteiger charge is -2.32. The zero-order chi connectivity index (χ0) is 19.2. The van der Waals surface area contributed by atoms with E-state index >= 15 is 0 Å². The van der Waals surface area contributed by atoms with E-state index in [4.69, 9.17) is 4.74 Å². The van der Waals surface area contributed by atoms with E-state index in [0.29, 0.717) is 12.5 Å². The van der Waals surface area contributed by atoms with Crippen molar-refractivity contribution in [1.82, 2.24) is 15.1 Å². The molecule has 1 N–H and O–H groups in total. The Hall–Kier alpha value is -0.870. The maximum Gasteiger partial charge on any atom is 0.310 e. The van der Waals surface area contributed by atoms with Gasteiger partial charge in [0.2, 0.25) is 0 Å². The predicted octanol–water partition coefficient (Wildman–Crippen LogP) is 2.89.